The van der Waals surface area contributed by atoms with Gasteiger partial charge >= 0.3 is 0 Å². The number of hydrogen-bond acceptors (Lipinski definition) is 3. The van der Waals surface area contributed by atoms with Gasteiger partial charge < -0.3 is 0 Å². The molecule has 0 aliphatic heterocycles. The number of unbranched alkanes of at least 4 members (excludes halogenated alkanes) is 2. The van der Waals surface area contributed by atoms with Crippen LogP contribution in [0.3, 0.4) is 0 Å². The van der Waals surface area contributed by atoms with Crippen molar-refractivity contribution in [1.82, 2.24) is 9.59 Å². The van der Waals surface area contributed by atoms with Crippen molar-refractivity contribution >= 4 is 11.5 Å². The normalized spacial score (nSPS) is 10.4. The summed E-state index contributed by atoms with van der Waals surface area (Å²) in [6.07, 6.45) is 5.04. The van der Waals surface area contributed by atoms with Crippen molar-refractivity contribution in [3.8, 4) is 0 Å². The van der Waals surface area contributed by atoms with Crippen LogP contribution in [-0.2, 0) is 6.42 Å². The molecule has 0 bridgehead atoms. The fourth-order valence-electron chi connectivity index (χ4n) is 1.01. The number of rotatable bonds is 4. The van der Waals surface area contributed by atoms with Gasteiger partial charge in [0.05, 0.1) is 5.69 Å². The average Bonchev–Trinajstić information content (AvgIpc) is 2.37. The van der Waals surface area contributed by atoms with Crippen molar-refractivity contribution in [2.75, 3.05) is 0 Å². The molecule has 62 valence electrons. The Labute approximate surface area is 71.8 Å². The Morgan fingerprint density at radius 2 is 2.18 bits per heavy atom. The summed E-state index contributed by atoms with van der Waals surface area (Å²) in [6.45, 7) is 4.25. The molecule has 0 fully saturated rings. The van der Waals surface area contributed by atoms with Crippen molar-refractivity contribution in [1.29, 1.82) is 0 Å². The van der Waals surface area contributed by atoms with Gasteiger partial charge in [-0.2, -0.15) is 0 Å². The van der Waals surface area contributed by atoms with Crippen LogP contribution in [0.2, 0.25) is 0 Å². The van der Waals surface area contributed by atoms with Crippen LogP contribution in [0.4, 0.5) is 0 Å². The molecule has 1 rings (SSSR count). The second-order valence-corrected chi connectivity index (χ2v) is 3.58. The first kappa shape index (κ1) is 8.65. The topological polar surface area (TPSA) is 25.8 Å². The summed E-state index contributed by atoms with van der Waals surface area (Å²) in [5.41, 5.74) is 1.12. The van der Waals surface area contributed by atoms with Crippen molar-refractivity contribution in [3.63, 3.8) is 0 Å². The van der Waals surface area contributed by atoms with Gasteiger partial charge in [0.25, 0.3) is 0 Å². The van der Waals surface area contributed by atoms with Crippen LogP contribution in [-0.4, -0.2) is 9.59 Å². The fraction of sp³-hybridized carbons (Fsp3) is 0.750. The van der Waals surface area contributed by atoms with Crippen LogP contribution in [0.15, 0.2) is 0 Å². The highest BCUT2D eigenvalue weighted by atomic mass is 32.1. The Morgan fingerprint density at radius 3 is 2.73 bits per heavy atom. The van der Waals surface area contributed by atoms with E-state index in [2.05, 4.69) is 16.5 Å². The van der Waals surface area contributed by atoms with Crippen LogP contribution in [0.5, 0.6) is 0 Å². The SMILES string of the molecule is CCCCCc1snnc1C. The van der Waals surface area contributed by atoms with Crippen LogP contribution < -0.4 is 0 Å². The minimum Gasteiger partial charge on any atom is -0.143 e. The lowest BCUT2D eigenvalue weighted by molar-refractivity contribution is 0.720. The third kappa shape index (κ3) is 2.58. The summed E-state index contributed by atoms with van der Waals surface area (Å²) >= 11 is 1.54. The van der Waals surface area contributed by atoms with Gasteiger partial charge in [-0.25, -0.2) is 0 Å². The van der Waals surface area contributed by atoms with Crippen LogP contribution in [0.1, 0.15) is 36.8 Å². The first-order chi connectivity index (χ1) is 5.34. The molecule has 0 aromatic carbocycles. The number of nitrogens with zero attached hydrogens (tertiary/aromatic N) is 2. The largest absolute Gasteiger partial charge is 0.143 e. The van der Waals surface area contributed by atoms with Crippen molar-refractivity contribution in [2.24, 2.45) is 0 Å². The van der Waals surface area contributed by atoms with Gasteiger partial charge in [-0.1, -0.05) is 24.3 Å². The molecule has 0 N–H and O–H groups in total. The first-order valence-corrected chi connectivity index (χ1v) is 4.89. The zero-order valence-electron chi connectivity index (χ0n) is 7.13. The lowest BCUT2D eigenvalue weighted by Crippen LogP contribution is -1.84. The Morgan fingerprint density at radius 1 is 1.36 bits per heavy atom. The fourth-order valence-corrected chi connectivity index (χ4v) is 1.69. The van der Waals surface area contributed by atoms with E-state index in [-0.39, 0.29) is 0 Å². The smallest absolute Gasteiger partial charge is 0.0756 e. The Hall–Kier alpha value is -0.440. The van der Waals surface area contributed by atoms with Crippen LogP contribution >= 0.6 is 11.5 Å². The molecule has 1 heterocycles. The summed E-state index contributed by atoms with van der Waals surface area (Å²) in [5, 5.41) is 3.96. The number of hydrogen-bond donors (Lipinski definition) is 0. The number of aromatic nitrogens is 2. The second kappa shape index (κ2) is 4.44. The highest BCUT2D eigenvalue weighted by Crippen LogP contribution is 2.12. The van der Waals surface area contributed by atoms with E-state index in [0.29, 0.717) is 0 Å². The van der Waals surface area contributed by atoms with Gasteiger partial charge in [0, 0.05) is 4.88 Å². The Kier molecular flexibility index (Phi) is 3.49. The minimum absolute atomic E-state index is 1.12. The molecule has 0 unspecified atom stereocenters. The zero-order valence-corrected chi connectivity index (χ0v) is 7.95. The van der Waals surface area contributed by atoms with E-state index in [0.717, 1.165) is 12.1 Å². The summed E-state index contributed by atoms with van der Waals surface area (Å²) in [6, 6.07) is 0. The van der Waals surface area contributed by atoms with Crippen molar-refractivity contribution in [3.05, 3.63) is 10.6 Å². The quantitative estimate of drug-likeness (QED) is 0.649. The molecule has 3 heteroatoms. The van der Waals surface area contributed by atoms with E-state index < -0.39 is 0 Å². The maximum absolute atomic E-state index is 3.96. The maximum atomic E-state index is 3.96. The maximum Gasteiger partial charge on any atom is 0.0756 e. The van der Waals surface area contributed by atoms with Gasteiger partial charge in [0.1, 0.15) is 0 Å². The van der Waals surface area contributed by atoms with Crippen LogP contribution in [0, 0.1) is 6.92 Å². The van der Waals surface area contributed by atoms with E-state index in [9.17, 15) is 0 Å². The Bertz CT molecular complexity index is 208. The van der Waals surface area contributed by atoms with Gasteiger partial charge in [0.15, 0.2) is 0 Å². The highest BCUT2D eigenvalue weighted by Gasteiger charge is 2.00. The second-order valence-electron chi connectivity index (χ2n) is 2.74. The molecule has 0 spiro atoms. The molecule has 0 saturated carbocycles. The third-order valence-electron chi connectivity index (χ3n) is 1.75. The summed E-state index contributed by atoms with van der Waals surface area (Å²) in [5.74, 6) is 0. The molecule has 1 aromatic heterocycles. The third-order valence-corrected chi connectivity index (χ3v) is 2.64. The van der Waals surface area contributed by atoms with Crippen molar-refractivity contribution < 1.29 is 0 Å². The van der Waals surface area contributed by atoms with E-state index >= 15 is 0 Å². The molecule has 0 radical (unpaired) electrons. The van der Waals surface area contributed by atoms with Gasteiger partial charge in [-0.15, -0.1) is 5.10 Å². The van der Waals surface area contributed by atoms with Gasteiger partial charge in [-0.05, 0) is 31.3 Å². The van der Waals surface area contributed by atoms with E-state index in [1.807, 2.05) is 6.92 Å². The lowest BCUT2D eigenvalue weighted by atomic mass is 10.2. The summed E-state index contributed by atoms with van der Waals surface area (Å²) < 4.78 is 3.89. The molecule has 0 saturated heterocycles. The summed E-state index contributed by atoms with van der Waals surface area (Å²) in [4.78, 5) is 1.36. The van der Waals surface area contributed by atoms with Crippen molar-refractivity contribution in [2.45, 2.75) is 39.5 Å². The van der Waals surface area contributed by atoms with E-state index in [1.165, 1.54) is 35.7 Å². The molecular weight excluding hydrogens is 156 g/mol. The minimum atomic E-state index is 1.12. The molecular formula is C8H14N2S. The lowest BCUT2D eigenvalue weighted by Gasteiger charge is -1.94. The molecule has 1 aromatic rings. The van der Waals surface area contributed by atoms with Gasteiger partial charge in [0.2, 0.25) is 0 Å². The first-order valence-electron chi connectivity index (χ1n) is 4.12. The molecule has 11 heavy (non-hydrogen) atoms. The molecule has 0 amide bonds. The molecule has 2 nitrogen and oxygen atoms in total. The van der Waals surface area contributed by atoms with E-state index in [1.54, 1.807) is 0 Å². The molecule has 0 aliphatic rings. The molecule has 0 aliphatic carbocycles. The summed E-state index contributed by atoms with van der Waals surface area (Å²) in [7, 11) is 0. The monoisotopic (exact) mass is 170 g/mol. The standard InChI is InChI=1S/C8H14N2S/c1-3-4-5-6-8-7(2)9-10-11-8/h3-6H2,1-2H3. The predicted molar refractivity (Wildman–Crippen MR) is 47.9 cm³/mol. The number of aryl methyl sites for hydroxylation is 2. The van der Waals surface area contributed by atoms with Crippen LogP contribution in [0.25, 0.3) is 0 Å². The molecule has 0 atom stereocenters. The average molecular weight is 170 g/mol. The Balaban J connectivity index is 2.32. The van der Waals surface area contributed by atoms with E-state index in [4.69, 9.17) is 0 Å². The van der Waals surface area contributed by atoms with Gasteiger partial charge in [-0.3, -0.25) is 0 Å². The predicted octanol–water partition coefficient (Wildman–Crippen LogP) is 2.58. The zero-order chi connectivity index (χ0) is 8.10. The highest BCUT2D eigenvalue weighted by molar-refractivity contribution is 7.05.